The van der Waals surface area contributed by atoms with Crippen LogP contribution in [-0.4, -0.2) is 16.9 Å². The summed E-state index contributed by atoms with van der Waals surface area (Å²) in [6.45, 7) is 1.93. The minimum atomic E-state index is -0.209. The Balaban J connectivity index is 1.95. The molecule has 1 aromatic heterocycles. The molecule has 0 saturated heterocycles. The van der Waals surface area contributed by atoms with E-state index in [-0.39, 0.29) is 17.9 Å². The molecule has 6 nitrogen and oxygen atoms in total. The second-order valence-corrected chi connectivity index (χ2v) is 6.24. The van der Waals surface area contributed by atoms with E-state index in [0.717, 1.165) is 5.56 Å². The summed E-state index contributed by atoms with van der Waals surface area (Å²) in [5, 5.41) is 4.75. The number of pyridine rings is 1. The number of benzene rings is 2. The number of nitrogens with zero attached hydrogens (tertiary/aromatic N) is 2. The second kappa shape index (κ2) is 7.41. The van der Waals surface area contributed by atoms with Gasteiger partial charge in [-0.15, -0.1) is 0 Å². The third-order valence-electron chi connectivity index (χ3n) is 3.96. The highest BCUT2D eigenvalue weighted by Crippen LogP contribution is 2.30. The van der Waals surface area contributed by atoms with E-state index in [2.05, 4.69) is 15.3 Å². The summed E-state index contributed by atoms with van der Waals surface area (Å²) in [4.78, 5) is 20.8. The van der Waals surface area contributed by atoms with E-state index in [4.69, 9.17) is 23.1 Å². The second-order valence-electron chi connectivity index (χ2n) is 5.83. The predicted molar refractivity (Wildman–Crippen MR) is 105 cm³/mol. The van der Waals surface area contributed by atoms with Gasteiger partial charge in [-0.2, -0.15) is 4.99 Å². The highest BCUT2D eigenvalue weighted by molar-refractivity contribution is 6.35. The molecule has 0 unspecified atom stereocenters. The van der Waals surface area contributed by atoms with E-state index >= 15 is 0 Å². The van der Waals surface area contributed by atoms with Crippen molar-refractivity contribution >= 4 is 40.1 Å². The SMILES string of the molecule is C[C@@H](NC(=O)c1ccc2c(Cl)cnc(N=C(N)N)c2c1)c1ccccc1. The van der Waals surface area contributed by atoms with Crippen molar-refractivity contribution in [1.82, 2.24) is 10.3 Å². The lowest BCUT2D eigenvalue weighted by Gasteiger charge is -2.15. The van der Waals surface area contributed by atoms with Gasteiger partial charge in [0.05, 0.1) is 11.1 Å². The van der Waals surface area contributed by atoms with Crippen molar-refractivity contribution in [3.8, 4) is 0 Å². The van der Waals surface area contributed by atoms with Crippen LogP contribution in [0.4, 0.5) is 5.82 Å². The van der Waals surface area contributed by atoms with E-state index in [0.29, 0.717) is 27.2 Å². The minimum absolute atomic E-state index is 0.117. The van der Waals surface area contributed by atoms with Crippen molar-refractivity contribution in [1.29, 1.82) is 0 Å². The first-order chi connectivity index (χ1) is 12.5. The van der Waals surface area contributed by atoms with E-state index < -0.39 is 0 Å². The quantitative estimate of drug-likeness (QED) is 0.486. The smallest absolute Gasteiger partial charge is 0.251 e. The fourth-order valence-corrected chi connectivity index (χ4v) is 2.87. The predicted octanol–water partition coefficient (Wildman–Crippen LogP) is 3.28. The fraction of sp³-hybridized carbons (Fsp3) is 0.105. The lowest BCUT2D eigenvalue weighted by Crippen LogP contribution is -2.26. The van der Waals surface area contributed by atoms with E-state index in [1.165, 1.54) is 6.20 Å². The molecule has 3 aromatic rings. The Bertz CT molecular complexity index is 984. The number of fused-ring (bicyclic) bond motifs is 1. The molecule has 0 radical (unpaired) electrons. The van der Waals surface area contributed by atoms with E-state index in [9.17, 15) is 4.79 Å². The number of aromatic nitrogens is 1. The maximum absolute atomic E-state index is 12.6. The zero-order chi connectivity index (χ0) is 18.7. The molecule has 0 spiro atoms. The molecule has 3 rings (SSSR count). The Labute approximate surface area is 155 Å². The van der Waals surface area contributed by atoms with Crippen molar-refractivity contribution in [3.63, 3.8) is 0 Å². The third-order valence-corrected chi connectivity index (χ3v) is 4.26. The molecule has 0 fully saturated rings. The Kier molecular flexibility index (Phi) is 5.04. The Morgan fingerprint density at radius 3 is 2.58 bits per heavy atom. The molecule has 5 N–H and O–H groups in total. The average molecular weight is 368 g/mol. The number of guanidine groups is 1. The van der Waals surface area contributed by atoms with E-state index in [1.54, 1.807) is 18.2 Å². The van der Waals surface area contributed by atoms with Crippen LogP contribution in [0.3, 0.4) is 0 Å². The zero-order valence-corrected chi connectivity index (χ0v) is 14.9. The molecule has 2 aromatic carbocycles. The molecule has 1 heterocycles. The van der Waals surface area contributed by atoms with Crippen molar-refractivity contribution in [2.45, 2.75) is 13.0 Å². The van der Waals surface area contributed by atoms with Gasteiger partial charge in [-0.25, -0.2) is 4.98 Å². The molecule has 0 aliphatic rings. The maximum Gasteiger partial charge on any atom is 0.251 e. The molecule has 7 heteroatoms. The lowest BCUT2D eigenvalue weighted by atomic mass is 10.1. The number of hydrogen-bond donors (Lipinski definition) is 3. The van der Waals surface area contributed by atoms with Crippen LogP contribution in [0, 0.1) is 0 Å². The summed E-state index contributed by atoms with van der Waals surface area (Å²) in [5.41, 5.74) is 12.4. The third kappa shape index (κ3) is 3.75. The Morgan fingerprint density at radius 2 is 1.88 bits per heavy atom. The van der Waals surface area contributed by atoms with Gasteiger partial charge < -0.3 is 16.8 Å². The molecule has 1 atom stereocenters. The first-order valence-electron chi connectivity index (χ1n) is 7.99. The van der Waals surface area contributed by atoms with Crippen molar-refractivity contribution < 1.29 is 4.79 Å². The van der Waals surface area contributed by atoms with Gasteiger partial charge >= 0.3 is 0 Å². The van der Waals surface area contributed by atoms with Crippen LogP contribution in [0.2, 0.25) is 5.02 Å². The van der Waals surface area contributed by atoms with Gasteiger partial charge in [0.1, 0.15) is 0 Å². The van der Waals surface area contributed by atoms with Crippen LogP contribution in [0.25, 0.3) is 10.8 Å². The highest BCUT2D eigenvalue weighted by Gasteiger charge is 2.14. The molecular weight excluding hydrogens is 350 g/mol. The molecule has 0 aliphatic heterocycles. The lowest BCUT2D eigenvalue weighted by molar-refractivity contribution is 0.0940. The fourth-order valence-electron chi connectivity index (χ4n) is 2.65. The van der Waals surface area contributed by atoms with Crippen molar-refractivity contribution in [3.05, 3.63) is 70.9 Å². The van der Waals surface area contributed by atoms with E-state index in [1.807, 2.05) is 37.3 Å². The summed E-state index contributed by atoms with van der Waals surface area (Å²) in [6.07, 6.45) is 1.48. The van der Waals surface area contributed by atoms with Crippen LogP contribution in [0.1, 0.15) is 28.9 Å². The Morgan fingerprint density at radius 1 is 1.15 bits per heavy atom. The number of aliphatic imine (C=N–C) groups is 1. The minimum Gasteiger partial charge on any atom is -0.370 e. The standard InChI is InChI=1S/C19H18ClN5O/c1-11(12-5-3-2-4-6-12)24-18(26)13-7-8-14-15(9-13)17(25-19(21)22)23-10-16(14)20/h2-11H,1H3,(H,24,26)(H4,21,22,23,25)/t11-/m1/s1. The molecule has 26 heavy (non-hydrogen) atoms. The molecular formula is C19H18ClN5O. The number of carbonyl (C=O) groups is 1. The van der Waals surface area contributed by atoms with Gasteiger partial charge in [0.25, 0.3) is 5.91 Å². The largest absolute Gasteiger partial charge is 0.370 e. The summed E-state index contributed by atoms with van der Waals surface area (Å²) in [5.74, 6) is -0.0114. The van der Waals surface area contributed by atoms with Gasteiger partial charge in [-0.1, -0.05) is 48.0 Å². The molecule has 1 amide bonds. The van der Waals surface area contributed by atoms with Crippen LogP contribution in [0.15, 0.2) is 59.7 Å². The number of nitrogens with one attached hydrogen (secondary N) is 1. The number of halogens is 1. The summed E-state index contributed by atoms with van der Waals surface area (Å²) in [7, 11) is 0. The van der Waals surface area contributed by atoms with Crippen LogP contribution in [0.5, 0.6) is 0 Å². The van der Waals surface area contributed by atoms with Crippen LogP contribution < -0.4 is 16.8 Å². The summed E-state index contributed by atoms with van der Waals surface area (Å²) < 4.78 is 0. The maximum atomic E-state index is 12.6. The zero-order valence-electron chi connectivity index (χ0n) is 14.1. The first kappa shape index (κ1) is 17.7. The first-order valence-corrected chi connectivity index (χ1v) is 8.37. The normalized spacial score (nSPS) is 11.8. The number of nitrogens with two attached hydrogens (primary N) is 2. The van der Waals surface area contributed by atoms with Gasteiger partial charge in [0.2, 0.25) is 0 Å². The Hall–Kier alpha value is -3.12. The topological polar surface area (TPSA) is 106 Å². The van der Waals surface area contributed by atoms with Crippen LogP contribution in [-0.2, 0) is 0 Å². The van der Waals surface area contributed by atoms with Gasteiger partial charge in [-0.05, 0) is 24.6 Å². The number of amides is 1. The molecule has 0 bridgehead atoms. The highest BCUT2D eigenvalue weighted by atomic mass is 35.5. The summed E-state index contributed by atoms with van der Waals surface area (Å²) in [6, 6.07) is 14.7. The number of carbonyl (C=O) groups excluding carboxylic acids is 1. The van der Waals surface area contributed by atoms with Crippen LogP contribution >= 0.6 is 11.6 Å². The number of rotatable bonds is 4. The number of hydrogen-bond acceptors (Lipinski definition) is 3. The average Bonchev–Trinajstić information content (AvgIpc) is 2.64. The van der Waals surface area contributed by atoms with Gasteiger partial charge in [0, 0.05) is 22.5 Å². The van der Waals surface area contributed by atoms with Gasteiger partial charge in [0.15, 0.2) is 11.8 Å². The molecule has 0 saturated carbocycles. The van der Waals surface area contributed by atoms with Gasteiger partial charge in [-0.3, -0.25) is 4.79 Å². The molecule has 132 valence electrons. The van der Waals surface area contributed by atoms with Crippen molar-refractivity contribution in [2.75, 3.05) is 0 Å². The monoisotopic (exact) mass is 367 g/mol. The van der Waals surface area contributed by atoms with Crippen molar-refractivity contribution in [2.24, 2.45) is 16.5 Å². The molecule has 0 aliphatic carbocycles. The summed E-state index contributed by atoms with van der Waals surface area (Å²) >= 11 is 6.19.